The Kier molecular flexibility index (Phi) is 6.21. The topological polar surface area (TPSA) is 64.0 Å². The first-order chi connectivity index (χ1) is 14.6. The Morgan fingerprint density at radius 1 is 1.13 bits per heavy atom. The van der Waals surface area contributed by atoms with Gasteiger partial charge in [-0.2, -0.15) is 0 Å². The lowest BCUT2D eigenvalue weighted by Crippen LogP contribution is -2.33. The summed E-state index contributed by atoms with van der Waals surface area (Å²) < 4.78 is 14.9. The van der Waals surface area contributed by atoms with E-state index >= 15 is 0 Å². The van der Waals surface area contributed by atoms with E-state index in [4.69, 9.17) is 0 Å². The smallest absolute Gasteiger partial charge is 0.261 e. The number of aryl methyl sites for hydroxylation is 1. The van der Waals surface area contributed by atoms with E-state index < -0.39 is 0 Å². The first-order valence-corrected chi connectivity index (χ1v) is 10.6. The van der Waals surface area contributed by atoms with Crippen LogP contribution in [0.5, 0.6) is 0 Å². The minimum Gasteiger partial charge on any atom is -0.349 e. The zero-order valence-corrected chi connectivity index (χ0v) is 16.9. The number of halogens is 1. The van der Waals surface area contributed by atoms with Gasteiger partial charge in [-0.15, -0.1) is 0 Å². The molecule has 1 saturated carbocycles. The third-order valence-electron chi connectivity index (χ3n) is 5.95. The Hall–Kier alpha value is -3.02. The van der Waals surface area contributed by atoms with Crippen molar-refractivity contribution < 1.29 is 9.18 Å². The lowest BCUT2D eigenvalue weighted by atomic mass is 9.91. The largest absolute Gasteiger partial charge is 0.349 e. The van der Waals surface area contributed by atoms with Gasteiger partial charge in [-0.1, -0.05) is 37.1 Å². The van der Waals surface area contributed by atoms with Crippen LogP contribution in [-0.2, 0) is 11.3 Å². The molecule has 0 unspecified atom stereocenters. The highest BCUT2D eigenvalue weighted by molar-refractivity contribution is 5.77. The lowest BCUT2D eigenvalue weighted by molar-refractivity contribution is -0.122. The molecule has 2 aromatic carbocycles. The fourth-order valence-corrected chi connectivity index (χ4v) is 4.36. The molecule has 30 heavy (non-hydrogen) atoms. The van der Waals surface area contributed by atoms with Crippen molar-refractivity contribution in [3.05, 3.63) is 76.6 Å². The molecule has 1 aliphatic rings. The van der Waals surface area contributed by atoms with Gasteiger partial charge in [-0.05, 0) is 55.0 Å². The highest BCUT2D eigenvalue weighted by Crippen LogP contribution is 2.35. The van der Waals surface area contributed by atoms with Gasteiger partial charge in [0.05, 0.1) is 23.3 Å². The molecule has 1 amide bonds. The van der Waals surface area contributed by atoms with E-state index in [0.717, 1.165) is 31.2 Å². The number of hydrogen-bond acceptors (Lipinski definition) is 3. The van der Waals surface area contributed by atoms with Crippen LogP contribution in [-0.4, -0.2) is 15.5 Å². The quantitative estimate of drug-likeness (QED) is 0.633. The summed E-state index contributed by atoms with van der Waals surface area (Å²) in [6.07, 6.45) is 6.88. The molecule has 6 heteroatoms. The molecule has 1 heterocycles. The van der Waals surface area contributed by atoms with Crippen LogP contribution in [0.15, 0.2) is 59.7 Å². The van der Waals surface area contributed by atoms with Gasteiger partial charge in [-0.25, -0.2) is 9.37 Å². The summed E-state index contributed by atoms with van der Waals surface area (Å²) in [4.78, 5) is 29.5. The maximum Gasteiger partial charge on any atom is 0.261 e. The molecule has 1 atom stereocenters. The summed E-state index contributed by atoms with van der Waals surface area (Å²) in [5.74, 6) is 0.0643. The normalized spacial score (nSPS) is 15.4. The predicted molar refractivity (Wildman–Crippen MR) is 114 cm³/mol. The number of para-hydroxylation sites is 1. The fraction of sp³-hybridized carbons (Fsp3) is 0.375. The van der Waals surface area contributed by atoms with E-state index in [-0.39, 0.29) is 23.3 Å². The number of nitrogens with zero attached hydrogens (tertiary/aromatic N) is 2. The number of hydrogen-bond donors (Lipinski definition) is 1. The van der Waals surface area contributed by atoms with Gasteiger partial charge in [0.25, 0.3) is 5.56 Å². The number of fused-ring (bicyclic) bond motifs is 1. The minimum absolute atomic E-state index is 0.0435. The van der Waals surface area contributed by atoms with E-state index in [1.807, 2.05) is 18.2 Å². The van der Waals surface area contributed by atoms with Crippen LogP contribution in [0.1, 0.15) is 50.1 Å². The van der Waals surface area contributed by atoms with Gasteiger partial charge in [0.1, 0.15) is 5.82 Å². The van der Waals surface area contributed by atoms with Crippen molar-refractivity contribution in [2.45, 2.75) is 51.1 Å². The molecule has 1 aromatic heterocycles. The number of carbonyl (C=O) groups is 1. The molecule has 3 aromatic rings. The van der Waals surface area contributed by atoms with Gasteiger partial charge in [0, 0.05) is 13.0 Å². The van der Waals surface area contributed by atoms with Gasteiger partial charge < -0.3 is 5.32 Å². The molecule has 1 N–H and O–H groups in total. The van der Waals surface area contributed by atoms with Crippen molar-refractivity contribution in [3.63, 3.8) is 0 Å². The van der Waals surface area contributed by atoms with E-state index in [1.54, 1.807) is 29.1 Å². The van der Waals surface area contributed by atoms with Crippen LogP contribution >= 0.6 is 0 Å². The maximum atomic E-state index is 13.3. The molecule has 1 fully saturated rings. The van der Waals surface area contributed by atoms with Crippen LogP contribution < -0.4 is 10.9 Å². The number of carbonyl (C=O) groups excluding carboxylic acids is 1. The number of benzene rings is 2. The second-order valence-electron chi connectivity index (χ2n) is 8.01. The molecular weight excluding hydrogens is 381 g/mol. The summed E-state index contributed by atoms with van der Waals surface area (Å²) in [5.41, 5.74) is 1.54. The summed E-state index contributed by atoms with van der Waals surface area (Å²) in [5, 5.41) is 3.75. The van der Waals surface area contributed by atoms with Crippen molar-refractivity contribution in [1.29, 1.82) is 0 Å². The molecule has 0 spiro atoms. The summed E-state index contributed by atoms with van der Waals surface area (Å²) in [7, 11) is 0. The predicted octanol–water partition coefficient (Wildman–Crippen LogP) is 4.36. The van der Waals surface area contributed by atoms with Crippen molar-refractivity contribution in [1.82, 2.24) is 14.9 Å². The molecular formula is C24H26FN3O2. The van der Waals surface area contributed by atoms with E-state index in [9.17, 15) is 14.0 Å². The lowest BCUT2D eigenvalue weighted by Gasteiger charge is -2.25. The average Bonchev–Trinajstić information content (AvgIpc) is 3.29. The number of rotatable bonds is 7. The molecule has 0 aliphatic heterocycles. The molecule has 5 nitrogen and oxygen atoms in total. The molecule has 0 radical (unpaired) electrons. The standard InChI is InChI=1S/C24H26FN3O2/c25-19-13-11-18(12-14-19)23(17-6-1-2-7-17)27-22(29)10-5-15-28-16-26-21-9-4-3-8-20(21)24(28)30/h3-4,8-9,11-14,16-17,23H,1-2,5-7,10,15H2,(H,27,29)/t23-/m1/s1. The Morgan fingerprint density at radius 3 is 2.63 bits per heavy atom. The highest BCUT2D eigenvalue weighted by atomic mass is 19.1. The molecule has 156 valence electrons. The number of amides is 1. The van der Waals surface area contributed by atoms with Gasteiger partial charge >= 0.3 is 0 Å². The number of nitrogens with one attached hydrogen (secondary N) is 1. The Bertz CT molecular complexity index is 1070. The van der Waals surface area contributed by atoms with Crippen LogP contribution in [0.2, 0.25) is 0 Å². The molecule has 0 saturated heterocycles. The summed E-state index contributed by atoms with van der Waals surface area (Å²) in [6.45, 7) is 0.439. The van der Waals surface area contributed by atoms with Crippen molar-refractivity contribution in [2.24, 2.45) is 5.92 Å². The number of aromatic nitrogens is 2. The zero-order valence-electron chi connectivity index (χ0n) is 16.9. The van der Waals surface area contributed by atoms with E-state index in [2.05, 4.69) is 10.3 Å². The fourth-order valence-electron chi connectivity index (χ4n) is 4.36. The van der Waals surface area contributed by atoms with E-state index in [0.29, 0.717) is 36.2 Å². The van der Waals surface area contributed by atoms with E-state index in [1.165, 1.54) is 12.1 Å². The Balaban J connectivity index is 1.38. The van der Waals surface area contributed by atoms with Crippen LogP contribution in [0.25, 0.3) is 10.9 Å². The minimum atomic E-state index is -0.273. The molecule has 0 bridgehead atoms. The second-order valence-corrected chi connectivity index (χ2v) is 8.01. The van der Waals surface area contributed by atoms with Crippen LogP contribution in [0.3, 0.4) is 0 Å². The van der Waals surface area contributed by atoms with Crippen LogP contribution in [0.4, 0.5) is 4.39 Å². The average molecular weight is 407 g/mol. The zero-order chi connectivity index (χ0) is 20.9. The molecule has 4 rings (SSSR count). The summed E-state index contributed by atoms with van der Waals surface area (Å²) >= 11 is 0. The summed E-state index contributed by atoms with van der Waals surface area (Å²) in [6, 6.07) is 13.6. The Labute approximate surface area is 175 Å². The van der Waals surface area contributed by atoms with Crippen molar-refractivity contribution in [3.8, 4) is 0 Å². The Morgan fingerprint density at radius 2 is 1.87 bits per heavy atom. The van der Waals surface area contributed by atoms with Gasteiger partial charge in [0.15, 0.2) is 0 Å². The van der Waals surface area contributed by atoms with Gasteiger partial charge in [-0.3, -0.25) is 14.2 Å². The molecule has 1 aliphatic carbocycles. The van der Waals surface area contributed by atoms with Gasteiger partial charge in [0.2, 0.25) is 5.91 Å². The third kappa shape index (κ3) is 4.58. The highest BCUT2D eigenvalue weighted by Gasteiger charge is 2.27. The van der Waals surface area contributed by atoms with Crippen molar-refractivity contribution >= 4 is 16.8 Å². The SMILES string of the molecule is O=C(CCCn1cnc2ccccc2c1=O)N[C@@H](c1ccc(F)cc1)C1CCCC1. The maximum absolute atomic E-state index is 13.3. The first-order valence-electron chi connectivity index (χ1n) is 10.6. The second kappa shape index (κ2) is 9.20. The monoisotopic (exact) mass is 407 g/mol. The van der Waals surface area contributed by atoms with Crippen LogP contribution in [0, 0.1) is 11.7 Å². The van der Waals surface area contributed by atoms with Crippen molar-refractivity contribution in [2.75, 3.05) is 0 Å². The first kappa shape index (κ1) is 20.3. The third-order valence-corrected chi connectivity index (χ3v) is 5.95.